The number of thioether (sulfide) groups is 1. The Morgan fingerprint density at radius 1 is 1.27 bits per heavy atom. The first kappa shape index (κ1) is 18.1. The van der Waals surface area contributed by atoms with Crippen molar-refractivity contribution in [1.82, 2.24) is 0 Å². The largest absolute Gasteiger partial charge is 0.483 e. The van der Waals surface area contributed by atoms with Crippen LogP contribution in [0.4, 0.5) is 0 Å². The number of rotatable bonds is 5. The number of nitrogens with zero attached hydrogens (tertiary/aromatic N) is 1. The number of ether oxygens (including phenoxy) is 2. The molecular formula is C21H28NO3S+. The van der Waals surface area contributed by atoms with Crippen LogP contribution >= 0.6 is 11.8 Å². The first-order valence-corrected chi connectivity index (χ1v) is 10.7. The Balaban J connectivity index is 1.50. The van der Waals surface area contributed by atoms with Crippen LogP contribution in [0.1, 0.15) is 36.9 Å². The van der Waals surface area contributed by atoms with Gasteiger partial charge in [0.2, 0.25) is 5.78 Å². The molecule has 3 aliphatic rings. The number of hydrogen-bond acceptors (Lipinski definition) is 4. The summed E-state index contributed by atoms with van der Waals surface area (Å²) >= 11 is 1.56. The molecule has 2 aliphatic heterocycles. The van der Waals surface area contributed by atoms with Gasteiger partial charge < -0.3 is 14.0 Å². The Hall–Kier alpha value is -1.30. The molecule has 5 heteroatoms. The molecule has 4 nitrogen and oxygen atoms in total. The maximum Gasteiger partial charge on any atom is 0.210 e. The molecule has 2 heterocycles. The highest BCUT2D eigenvalue weighted by atomic mass is 32.2. The highest BCUT2D eigenvalue weighted by Crippen LogP contribution is 2.40. The van der Waals surface area contributed by atoms with E-state index >= 15 is 0 Å². The number of morpholine rings is 1. The van der Waals surface area contributed by atoms with E-state index in [-0.39, 0.29) is 11.0 Å². The van der Waals surface area contributed by atoms with E-state index in [0.717, 1.165) is 37.3 Å². The molecule has 0 spiro atoms. The average Bonchev–Trinajstić information content (AvgIpc) is 3.00. The number of fused-ring (bicyclic) bond motifs is 1. The van der Waals surface area contributed by atoms with Gasteiger partial charge in [0, 0.05) is 17.4 Å². The minimum absolute atomic E-state index is 0.00162. The molecule has 26 heavy (non-hydrogen) atoms. The normalized spacial score (nSPS) is 27.7. The van der Waals surface area contributed by atoms with Gasteiger partial charge in [0.25, 0.3) is 0 Å². The molecule has 1 aliphatic carbocycles. The molecule has 1 aromatic carbocycles. The van der Waals surface area contributed by atoms with Crippen molar-refractivity contribution >= 4 is 17.5 Å². The highest BCUT2D eigenvalue weighted by molar-refractivity contribution is 8.03. The van der Waals surface area contributed by atoms with E-state index in [4.69, 9.17) is 9.47 Å². The number of aryl methyl sites for hydroxylation is 1. The van der Waals surface area contributed by atoms with Gasteiger partial charge >= 0.3 is 0 Å². The Bertz CT molecular complexity index is 696. The summed E-state index contributed by atoms with van der Waals surface area (Å²) in [7, 11) is 0. The maximum absolute atomic E-state index is 12.1. The summed E-state index contributed by atoms with van der Waals surface area (Å²) in [6.07, 6.45) is 3.67. The molecule has 1 aromatic rings. The second-order valence-electron chi connectivity index (χ2n) is 7.58. The standard InChI is InChI=1S/C21H28NO3S/c1-16-21(23)20(15-26-16)25-14-11-22(9-12-24-13-10-22)19-8-4-6-17-5-2-3-7-18(17)19/h2-3,5,7,15-16,19H,4,6,8-14H2,1H3/q+1. The Morgan fingerprint density at radius 3 is 2.85 bits per heavy atom. The first-order chi connectivity index (χ1) is 12.7. The van der Waals surface area contributed by atoms with Gasteiger partial charge in [0.1, 0.15) is 32.3 Å². The fourth-order valence-electron chi connectivity index (χ4n) is 4.62. The summed E-state index contributed by atoms with van der Waals surface area (Å²) < 4.78 is 12.6. The van der Waals surface area contributed by atoms with E-state index in [9.17, 15) is 4.79 Å². The first-order valence-electron chi connectivity index (χ1n) is 9.74. The van der Waals surface area contributed by atoms with Gasteiger partial charge in [0.15, 0.2) is 5.76 Å². The Labute approximate surface area is 160 Å². The number of hydrogen-bond donors (Lipinski definition) is 0. The monoisotopic (exact) mass is 374 g/mol. The third kappa shape index (κ3) is 3.45. The molecule has 2 atom stereocenters. The lowest BCUT2D eigenvalue weighted by Crippen LogP contribution is -2.59. The third-order valence-electron chi connectivity index (χ3n) is 6.15. The van der Waals surface area contributed by atoms with Crippen molar-refractivity contribution in [3.63, 3.8) is 0 Å². The number of Topliss-reactive ketones (excluding diaryl/α,β-unsaturated/α-hetero) is 1. The lowest BCUT2D eigenvalue weighted by Gasteiger charge is -2.48. The van der Waals surface area contributed by atoms with E-state index in [1.54, 1.807) is 11.8 Å². The van der Waals surface area contributed by atoms with Crippen molar-refractivity contribution in [3.8, 4) is 0 Å². The van der Waals surface area contributed by atoms with Crippen LogP contribution in [0, 0.1) is 0 Å². The summed E-state index contributed by atoms with van der Waals surface area (Å²) in [6.45, 7) is 7.16. The summed E-state index contributed by atoms with van der Waals surface area (Å²) in [4.78, 5) is 12.1. The molecule has 1 fully saturated rings. The molecule has 2 unspecified atom stereocenters. The molecular weight excluding hydrogens is 346 g/mol. The van der Waals surface area contributed by atoms with Crippen molar-refractivity contribution in [3.05, 3.63) is 46.6 Å². The van der Waals surface area contributed by atoms with Gasteiger partial charge in [0.05, 0.1) is 18.5 Å². The lowest BCUT2D eigenvalue weighted by molar-refractivity contribution is -0.964. The van der Waals surface area contributed by atoms with Gasteiger partial charge in [-0.25, -0.2) is 0 Å². The van der Waals surface area contributed by atoms with E-state index in [0.29, 0.717) is 18.4 Å². The van der Waals surface area contributed by atoms with E-state index in [2.05, 4.69) is 24.3 Å². The molecule has 0 bridgehead atoms. The zero-order chi connectivity index (χ0) is 18.0. The summed E-state index contributed by atoms with van der Waals surface area (Å²) in [5.74, 6) is 0.685. The van der Waals surface area contributed by atoms with Crippen LogP contribution < -0.4 is 0 Å². The summed E-state index contributed by atoms with van der Waals surface area (Å²) in [6, 6.07) is 9.46. The maximum atomic E-state index is 12.1. The zero-order valence-electron chi connectivity index (χ0n) is 15.5. The van der Waals surface area contributed by atoms with E-state index in [1.807, 2.05) is 12.3 Å². The van der Waals surface area contributed by atoms with Crippen molar-refractivity contribution in [2.24, 2.45) is 0 Å². The van der Waals surface area contributed by atoms with Crippen LogP contribution in [-0.2, 0) is 20.7 Å². The van der Waals surface area contributed by atoms with Gasteiger partial charge in [-0.3, -0.25) is 4.79 Å². The van der Waals surface area contributed by atoms with Crippen LogP contribution in [0.5, 0.6) is 0 Å². The van der Waals surface area contributed by atoms with Crippen molar-refractivity contribution in [2.45, 2.75) is 37.5 Å². The van der Waals surface area contributed by atoms with Crippen molar-refractivity contribution < 1.29 is 18.8 Å². The molecule has 140 valence electrons. The topological polar surface area (TPSA) is 35.5 Å². The van der Waals surface area contributed by atoms with Crippen LogP contribution in [0.2, 0.25) is 0 Å². The number of quaternary nitrogens is 1. The van der Waals surface area contributed by atoms with Gasteiger partial charge in [-0.05, 0) is 25.3 Å². The Morgan fingerprint density at radius 2 is 2.08 bits per heavy atom. The fraction of sp³-hybridized carbons (Fsp3) is 0.571. The predicted octanol–water partition coefficient (Wildman–Crippen LogP) is 3.47. The lowest BCUT2D eigenvalue weighted by atomic mass is 9.85. The smallest absolute Gasteiger partial charge is 0.210 e. The molecule has 4 rings (SSSR count). The van der Waals surface area contributed by atoms with Gasteiger partial charge in [-0.1, -0.05) is 24.3 Å². The summed E-state index contributed by atoms with van der Waals surface area (Å²) in [5.41, 5.74) is 3.02. The Kier molecular flexibility index (Phi) is 5.39. The molecule has 1 saturated heterocycles. The number of allylic oxidation sites excluding steroid dienone is 1. The second kappa shape index (κ2) is 7.75. The number of carbonyl (C=O) groups is 1. The molecule has 0 N–H and O–H groups in total. The zero-order valence-corrected chi connectivity index (χ0v) is 16.3. The van der Waals surface area contributed by atoms with Crippen LogP contribution in [0.25, 0.3) is 0 Å². The van der Waals surface area contributed by atoms with Crippen LogP contribution in [0.15, 0.2) is 35.4 Å². The minimum atomic E-state index is 0.00162. The van der Waals surface area contributed by atoms with E-state index in [1.165, 1.54) is 30.4 Å². The molecule has 0 amide bonds. The minimum Gasteiger partial charge on any atom is -0.483 e. The van der Waals surface area contributed by atoms with E-state index < -0.39 is 0 Å². The third-order valence-corrected chi connectivity index (χ3v) is 7.12. The fourth-order valence-corrected chi connectivity index (χ4v) is 5.37. The van der Waals surface area contributed by atoms with Gasteiger partial charge in [-0.2, -0.15) is 0 Å². The van der Waals surface area contributed by atoms with Crippen LogP contribution in [-0.4, -0.2) is 55.0 Å². The average molecular weight is 375 g/mol. The van der Waals surface area contributed by atoms with Gasteiger partial charge in [-0.15, -0.1) is 11.8 Å². The number of ketones is 1. The van der Waals surface area contributed by atoms with Crippen molar-refractivity contribution in [2.75, 3.05) is 39.5 Å². The highest BCUT2D eigenvalue weighted by Gasteiger charge is 2.41. The number of carbonyl (C=O) groups excluding carboxylic acids is 1. The predicted molar refractivity (Wildman–Crippen MR) is 104 cm³/mol. The molecule has 0 aromatic heterocycles. The summed E-state index contributed by atoms with van der Waals surface area (Å²) in [5, 5.41) is 1.88. The SMILES string of the molecule is CC1SC=C(OCC[N+]2(C3CCCc4ccccc43)CCOCC2)C1=O. The number of benzene rings is 1. The van der Waals surface area contributed by atoms with Crippen molar-refractivity contribution in [1.29, 1.82) is 0 Å². The van der Waals surface area contributed by atoms with Crippen LogP contribution in [0.3, 0.4) is 0 Å². The molecule has 0 saturated carbocycles. The second-order valence-corrected chi connectivity index (χ2v) is 8.80. The molecule has 0 radical (unpaired) electrons. The quantitative estimate of drug-likeness (QED) is 0.740.